The number of aromatic nitrogens is 2. The maximum absolute atomic E-state index is 12.3. The molecule has 0 fully saturated rings. The van der Waals surface area contributed by atoms with Gasteiger partial charge in [0.1, 0.15) is 0 Å². The summed E-state index contributed by atoms with van der Waals surface area (Å²) in [4.78, 5) is 12.3. The molecule has 21 heavy (non-hydrogen) atoms. The average molecular weight is 371 g/mol. The Morgan fingerprint density at radius 3 is 2.43 bits per heavy atom. The molecule has 1 unspecified atom stereocenters. The second kappa shape index (κ2) is 6.62. The molecule has 1 heterocycles. The molecule has 0 spiro atoms. The van der Waals surface area contributed by atoms with Gasteiger partial charge in [0, 0.05) is 5.02 Å². The van der Waals surface area contributed by atoms with E-state index in [4.69, 9.17) is 11.6 Å². The van der Waals surface area contributed by atoms with Crippen LogP contribution in [0.25, 0.3) is 0 Å². The molecule has 0 aliphatic heterocycles. The van der Waals surface area contributed by atoms with Gasteiger partial charge in [0.25, 0.3) is 5.91 Å². The number of nitrogens with zero attached hydrogens (tertiary/aromatic N) is 1. The summed E-state index contributed by atoms with van der Waals surface area (Å²) in [5.41, 5.74) is 2.28. The molecule has 0 aliphatic carbocycles. The number of rotatable bonds is 4. The van der Waals surface area contributed by atoms with Crippen LogP contribution in [0.4, 0.5) is 0 Å². The lowest BCUT2D eigenvalue weighted by atomic mass is 10.1. The van der Waals surface area contributed by atoms with E-state index >= 15 is 0 Å². The molecule has 2 rings (SSSR count). The van der Waals surface area contributed by atoms with Crippen molar-refractivity contribution in [3.63, 3.8) is 0 Å². The Bertz CT molecular complexity index is 637. The molecule has 2 aromatic rings. The zero-order valence-corrected chi connectivity index (χ0v) is 14.4. The number of H-pyrrole nitrogens is 1. The van der Waals surface area contributed by atoms with E-state index in [9.17, 15) is 4.79 Å². The van der Waals surface area contributed by atoms with Gasteiger partial charge in [-0.15, -0.1) is 0 Å². The Morgan fingerprint density at radius 1 is 1.29 bits per heavy atom. The molecule has 2 N–H and O–H groups in total. The summed E-state index contributed by atoms with van der Waals surface area (Å²) >= 11 is 9.30. The molecule has 1 amide bonds. The standard InChI is InChI=1S/C15H17BrClN3O/c1-8(2)13-12(16)14(20-19-13)15(21)18-9(3)10-4-6-11(17)7-5-10/h4-9H,1-3H3,(H,18,21)(H,19,20). The van der Waals surface area contributed by atoms with Crippen LogP contribution in [0.3, 0.4) is 0 Å². The lowest BCUT2D eigenvalue weighted by molar-refractivity contribution is 0.0934. The highest BCUT2D eigenvalue weighted by Crippen LogP contribution is 2.26. The number of hydrogen-bond donors (Lipinski definition) is 2. The van der Waals surface area contributed by atoms with Gasteiger partial charge in [0.15, 0.2) is 5.69 Å². The first-order valence-corrected chi connectivity index (χ1v) is 7.87. The average Bonchev–Trinajstić information content (AvgIpc) is 2.81. The summed E-state index contributed by atoms with van der Waals surface area (Å²) in [5.74, 6) is 0.0505. The largest absolute Gasteiger partial charge is 0.344 e. The fourth-order valence-electron chi connectivity index (χ4n) is 1.97. The van der Waals surface area contributed by atoms with Crippen molar-refractivity contribution < 1.29 is 4.79 Å². The maximum Gasteiger partial charge on any atom is 0.273 e. The smallest absolute Gasteiger partial charge is 0.273 e. The minimum absolute atomic E-state index is 0.124. The van der Waals surface area contributed by atoms with Crippen molar-refractivity contribution in [3.05, 3.63) is 50.7 Å². The van der Waals surface area contributed by atoms with Crippen molar-refractivity contribution in [2.24, 2.45) is 0 Å². The Balaban J connectivity index is 2.12. The van der Waals surface area contributed by atoms with Crippen LogP contribution >= 0.6 is 27.5 Å². The second-order valence-corrected chi connectivity index (χ2v) is 6.43. The Kier molecular flexibility index (Phi) is 5.06. The van der Waals surface area contributed by atoms with Crippen LogP contribution in [0.5, 0.6) is 0 Å². The number of carbonyl (C=O) groups is 1. The van der Waals surface area contributed by atoms with Gasteiger partial charge in [-0.05, 0) is 46.5 Å². The van der Waals surface area contributed by atoms with Crippen LogP contribution in [0, 0.1) is 0 Å². The van der Waals surface area contributed by atoms with Crippen molar-refractivity contribution in [1.82, 2.24) is 15.5 Å². The van der Waals surface area contributed by atoms with E-state index in [2.05, 4.69) is 31.4 Å². The molecule has 6 heteroatoms. The molecule has 0 aliphatic rings. The van der Waals surface area contributed by atoms with E-state index < -0.39 is 0 Å². The van der Waals surface area contributed by atoms with Crippen molar-refractivity contribution in [2.45, 2.75) is 32.7 Å². The number of aromatic amines is 1. The highest BCUT2D eigenvalue weighted by Gasteiger charge is 2.20. The van der Waals surface area contributed by atoms with Gasteiger partial charge >= 0.3 is 0 Å². The topological polar surface area (TPSA) is 57.8 Å². The van der Waals surface area contributed by atoms with Crippen LogP contribution in [0.2, 0.25) is 5.02 Å². The van der Waals surface area contributed by atoms with E-state index in [-0.39, 0.29) is 17.9 Å². The summed E-state index contributed by atoms with van der Waals surface area (Å²) < 4.78 is 0.721. The molecule has 0 radical (unpaired) electrons. The quantitative estimate of drug-likeness (QED) is 0.836. The van der Waals surface area contributed by atoms with E-state index in [1.54, 1.807) is 12.1 Å². The van der Waals surface area contributed by atoms with Gasteiger partial charge < -0.3 is 5.32 Å². The third-order valence-electron chi connectivity index (χ3n) is 3.24. The van der Waals surface area contributed by atoms with Crippen molar-refractivity contribution in [2.75, 3.05) is 0 Å². The monoisotopic (exact) mass is 369 g/mol. The summed E-state index contributed by atoms with van der Waals surface area (Å²) in [6.07, 6.45) is 0. The van der Waals surface area contributed by atoms with Crippen LogP contribution in [-0.2, 0) is 0 Å². The third-order valence-corrected chi connectivity index (χ3v) is 4.30. The molecular weight excluding hydrogens is 354 g/mol. The molecule has 112 valence electrons. The molecule has 1 aromatic heterocycles. The van der Waals surface area contributed by atoms with E-state index in [1.165, 1.54) is 0 Å². The first kappa shape index (κ1) is 16.0. The summed E-state index contributed by atoms with van der Waals surface area (Å²) in [6.45, 7) is 6.00. The molecular formula is C15H17BrClN3O. The predicted molar refractivity (Wildman–Crippen MR) is 87.7 cm³/mol. The van der Waals surface area contributed by atoms with Gasteiger partial charge in [-0.1, -0.05) is 37.6 Å². The first-order chi connectivity index (χ1) is 9.90. The van der Waals surface area contributed by atoms with E-state index in [1.807, 2.05) is 32.9 Å². The lowest BCUT2D eigenvalue weighted by Crippen LogP contribution is -2.27. The van der Waals surface area contributed by atoms with Crippen molar-refractivity contribution >= 4 is 33.4 Å². The predicted octanol–water partition coefficient (Wildman–Crippen LogP) is 4.44. The molecule has 0 saturated heterocycles. The van der Waals surface area contributed by atoms with Crippen LogP contribution in [0.1, 0.15) is 54.5 Å². The van der Waals surface area contributed by atoms with Gasteiger partial charge in [-0.25, -0.2) is 0 Å². The highest BCUT2D eigenvalue weighted by atomic mass is 79.9. The summed E-state index contributed by atoms with van der Waals surface area (Å²) in [5, 5.41) is 10.6. The Hall–Kier alpha value is -1.33. The van der Waals surface area contributed by atoms with Crippen molar-refractivity contribution in [1.29, 1.82) is 0 Å². The van der Waals surface area contributed by atoms with Gasteiger partial charge in [0.2, 0.25) is 0 Å². The molecule has 1 aromatic carbocycles. The minimum atomic E-state index is -0.215. The van der Waals surface area contributed by atoms with Crippen molar-refractivity contribution in [3.8, 4) is 0 Å². The van der Waals surface area contributed by atoms with Crippen LogP contribution in [-0.4, -0.2) is 16.1 Å². The van der Waals surface area contributed by atoms with E-state index in [0.717, 1.165) is 15.7 Å². The van der Waals surface area contributed by atoms with E-state index in [0.29, 0.717) is 10.7 Å². The SMILES string of the molecule is CC(C)c1[nH]nc(C(=O)NC(C)c2ccc(Cl)cc2)c1Br. The normalized spacial score (nSPS) is 12.5. The number of hydrogen-bond acceptors (Lipinski definition) is 2. The summed E-state index contributed by atoms with van der Waals surface area (Å²) in [6, 6.07) is 7.28. The lowest BCUT2D eigenvalue weighted by Gasteiger charge is -2.13. The fraction of sp³-hybridized carbons (Fsp3) is 0.333. The fourth-order valence-corrected chi connectivity index (χ4v) is 2.92. The molecule has 1 atom stereocenters. The van der Waals surface area contributed by atoms with Gasteiger partial charge in [-0.2, -0.15) is 5.10 Å². The minimum Gasteiger partial charge on any atom is -0.344 e. The third kappa shape index (κ3) is 3.66. The molecule has 4 nitrogen and oxygen atoms in total. The Labute approximate surface area is 137 Å². The summed E-state index contributed by atoms with van der Waals surface area (Å²) in [7, 11) is 0. The number of nitrogens with one attached hydrogen (secondary N) is 2. The van der Waals surface area contributed by atoms with Gasteiger partial charge in [-0.3, -0.25) is 9.89 Å². The van der Waals surface area contributed by atoms with Crippen LogP contribution in [0.15, 0.2) is 28.7 Å². The van der Waals surface area contributed by atoms with Crippen LogP contribution < -0.4 is 5.32 Å². The molecule has 0 bridgehead atoms. The highest BCUT2D eigenvalue weighted by molar-refractivity contribution is 9.10. The van der Waals surface area contributed by atoms with Gasteiger partial charge in [0.05, 0.1) is 16.2 Å². The Morgan fingerprint density at radius 2 is 1.90 bits per heavy atom. The number of halogens is 2. The number of benzene rings is 1. The maximum atomic E-state index is 12.3. The zero-order chi connectivity index (χ0) is 15.6. The molecule has 0 saturated carbocycles. The zero-order valence-electron chi connectivity index (χ0n) is 12.1. The first-order valence-electron chi connectivity index (χ1n) is 6.70. The number of amides is 1. The second-order valence-electron chi connectivity index (χ2n) is 5.20. The number of carbonyl (C=O) groups excluding carboxylic acids is 1.